The zero-order valence-electron chi connectivity index (χ0n) is 15.0. The Bertz CT molecular complexity index is 929. The lowest BCUT2D eigenvalue weighted by Crippen LogP contribution is -2.44. The molecule has 0 bridgehead atoms. The van der Waals surface area contributed by atoms with Crippen molar-refractivity contribution in [3.8, 4) is 0 Å². The fourth-order valence-corrected chi connectivity index (χ4v) is 4.93. The maximum Gasteiger partial charge on any atom is 0.253 e. The summed E-state index contributed by atoms with van der Waals surface area (Å²) < 4.78 is 0. The van der Waals surface area contributed by atoms with Crippen LogP contribution in [0.1, 0.15) is 23.6 Å². The Balaban J connectivity index is 1.59. The summed E-state index contributed by atoms with van der Waals surface area (Å²) >= 11 is 6.10. The van der Waals surface area contributed by atoms with Gasteiger partial charge >= 0.3 is 0 Å². The molecular weight excluding hydrogens is 362 g/mol. The van der Waals surface area contributed by atoms with Crippen LogP contribution in [0.15, 0.2) is 48.5 Å². The molecule has 0 saturated carbocycles. The maximum absolute atomic E-state index is 13.4. The van der Waals surface area contributed by atoms with E-state index in [2.05, 4.69) is 41.2 Å². The number of halogens is 1. The highest BCUT2D eigenvalue weighted by Gasteiger charge is 2.62. The molecule has 0 radical (unpaired) electrons. The molecule has 0 aliphatic carbocycles. The summed E-state index contributed by atoms with van der Waals surface area (Å²) in [5.74, 6) is -0.666. The minimum Gasteiger partial charge on any atom is -0.274 e. The van der Waals surface area contributed by atoms with Gasteiger partial charge in [-0.05, 0) is 37.1 Å². The normalized spacial score (nSPS) is 28.1. The molecule has 3 aliphatic rings. The molecule has 3 heterocycles. The Kier molecular flexibility index (Phi) is 3.86. The highest BCUT2D eigenvalue weighted by atomic mass is 35.5. The molecular formula is C21H20ClN3O2. The zero-order valence-corrected chi connectivity index (χ0v) is 15.8. The van der Waals surface area contributed by atoms with Crippen molar-refractivity contribution in [2.45, 2.75) is 25.4 Å². The lowest BCUT2D eigenvalue weighted by atomic mass is 9.89. The van der Waals surface area contributed by atoms with E-state index in [1.54, 1.807) is 24.3 Å². The lowest BCUT2D eigenvalue weighted by Gasteiger charge is -2.29. The van der Waals surface area contributed by atoms with E-state index in [9.17, 15) is 9.59 Å². The van der Waals surface area contributed by atoms with Crippen LogP contribution in [0.3, 0.4) is 0 Å². The Hall–Kier alpha value is -2.21. The van der Waals surface area contributed by atoms with E-state index in [0.717, 1.165) is 25.1 Å². The van der Waals surface area contributed by atoms with Crippen LogP contribution >= 0.6 is 11.6 Å². The average molecular weight is 382 g/mol. The highest BCUT2D eigenvalue weighted by Crippen LogP contribution is 2.48. The fraction of sp³-hybridized carbons (Fsp3) is 0.333. The average Bonchev–Trinajstić information content (AvgIpc) is 3.28. The van der Waals surface area contributed by atoms with Gasteiger partial charge in [-0.1, -0.05) is 47.5 Å². The van der Waals surface area contributed by atoms with Crippen LogP contribution < -0.4 is 4.90 Å². The molecule has 0 N–H and O–H groups in total. The van der Waals surface area contributed by atoms with Crippen LogP contribution in [-0.2, 0) is 9.59 Å². The van der Waals surface area contributed by atoms with Gasteiger partial charge in [0.2, 0.25) is 5.91 Å². The topological polar surface area (TPSA) is 43.9 Å². The van der Waals surface area contributed by atoms with Crippen LogP contribution in [0.4, 0.5) is 5.69 Å². The van der Waals surface area contributed by atoms with Crippen LogP contribution in [0.25, 0.3) is 0 Å². The molecule has 2 aromatic rings. The number of aryl methyl sites for hydroxylation is 1. The van der Waals surface area contributed by atoms with Crippen molar-refractivity contribution in [3.05, 3.63) is 64.7 Å². The van der Waals surface area contributed by atoms with E-state index >= 15 is 0 Å². The summed E-state index contributed by atoms with van der Waals surface area (Å²) in [6.45, 7) is 3.74. The van der Waals surface area contributed by atoms with Gasteiger partial charge in [0.05, 0.1) is 17.6 Å². The SMILES string of the molecule is Cc1ccc([C@H]2[C@@H]3C(=O)N(c4cccc(Cl)c4)C(=O)[C@H]3N3CCCN23)cc1. The van der Waals surface area contributed by atoms with Crippen LogP contribution in [0.2, 0.25) is 5.02 Å². The third-order valence-corrected chi connectivity index (χ3v) is 6.13. The quantitative estimate of drug-likeness (QED) is 0.749. The lowest BCUT2D eigenvalue weighted by molar-refractivity contribution is -0.126. The number of hydrogen-bond acceptors (Lipinski definition) is 4. The molecule has 6 heteroatoms. The predicted molar refractivity (Wildman–Crippen MR) is 103 cm³/mol. The number of anilines is 1. The number of hydrazine groups is 1. The molecule has 3 aliphatic heterocycles. The van der Waals surface area contributed by atoms with Gasteiger partial charge in [0.25, 0.3) is 5.91 Å². The minimum absolute atomic E-state index is 0.0984. The van der Waals surface area contributed by atoms with Gasteiger partial charge in [-0.25, -0.2) is 14.9 Å². The number of fused-ring (bicyclic) bond motifs is 3. The van der Waals surface area contributed by atoms with Gasteiger partial charge in [-0.15, -0.1) is 0 Å². The third-order valence-electron chi connectivity index (χ3n) is 5.89. The monoisotopic (exact) mass is 381 g/mol. The van der Waals surface area contributed by atoms with Gasteiger partial charge in [-0.2, -0.15) is 0 Å². The standard InChI is InChI=1S/C21H20ClN3O2/c1-13-6-8-14(9-7-13)18-17-19(24-11-3-10-23(18)24)21(27)25(20(17)26)16-5-2-4-15(22)12-16/h2,4-9,12,17-19H,3,10-11H2,1H3/t17-,18-,19-/m0/s1. The first kappa shape index (κ1) is 16.9. The molecule has 3 atom stereocenters. The maximum atomic E-state index is 13.4. The molecule has 2 aromatic carbocycles. The van der Waals surface area contributed by atoms with Gasteiger partial charge < -0.3 is 0 Å². The van der Waals surface area contributed by atoms with Crippen molar-refractivity contribution in [2.75, 3.05) is 18.0 Å². The summed E-state index contributed by atoms with van der Waals surface area (Å²) in [6.07, 6.45) is 1.00. The summed E-state index contributed by atoms with van der Waals surface area (Å²) in [4.78, 5) is 28.0. The Morgan fingerprint density at radius 1 is 0.926 bits per heavy atom. The van der Waals surface area contributed by atoms with Crippen molar-refractivity contribution in [1.29, 1.82) is 0 Å². The van der Waals surface area contributed by atoms with Crippen molar-refractivity contribution >= 4 is 29.1 Å². The second-order valence-electron chi connectivity index (χ2n) is 7.50. The summed E-state index contributed by atoms with van der Waals surface area (Å²) in [5, 5.41) is 4.86. The van der Waals surface area contributed by atoms with E-state index in [0.29, 0.717) is 10.7 Å². The third kappa shape index (κ3) is 2.46. The number of amides is 2. The van der Waals surface area contributed by atoms with Crippen LogP contribution in [0, 0.1) is 12.8 Å². The molecule has 5 nitrogen and oxygen atoms in total. The molecule has 138 valence electrons. The van der Waals surface area contributed by atoms with Gasteiger partial charge in [-0.3, -0.25) is 9.59 Å². The number of rotatable bonds is 2. The van der Waals surface area contributed by atoms with E-state index < -0.39 is 6.04 Å². The van der Waals surface area contributed by atoms with Gasteiger partial charge in [0.15, 0.2) is 0 Å². The zero-order chi connectivity index (χ0) is 18.7. The van der Waals surface area contributed by atoms with Crippen LogP contribution in [-0.4, -0.2) is 41.0 Å². The fourth-order valence-electron chi connectivity index (χ4n) is 4.75. The molecule has 3 saturated heterocycles. The second-order valence-corrected chi connectivity index (χ2v) is 7.93. The van der Waals surface area contributed by atoms with Crippen molar-refractivity contribution in [2.24, 2.45) is 5.92 Å². The molecule has 27 heavy (non-hydrogen) atoms. The van der Waals surface area contributed by atoms with Crippen LogP contribution in [0.5, 0.6) is 0 Å². The van der Waals surface area contributed by atoms with Gasteiger partial charge in [0, 0.05) is 18.1 Å². The Labute approximate surface area is 163 Å². The molecule has 2 amide bonds. The molecule has 3 fully saturated rings. The second kappa shape index (κ2) is 6.16. The largest absolute Gasteiger partial charge is 0.274 e. The number of nitrogens with zero attached hydrogens (tertiary/aromatic N) is 3. The first-order valence-corrected chi connectivity index (χ1v) is 9.67. The Morgan fingerprint density at radius 2 is 1.63 bits per heavy atom. The number of carbonyl (C=O) groups excluding carboxylic acids is 2. The van der Waals surface area contributed by atoms with E-state index in [1.807, 2.05) is 0 Å². The first-order chi connectivity index (χ1) is 13.1. The number of imide groups is 1. The van der Waals surface area contributed by atoms with E-state index in [4.69, 9.17) is 11.6 Å². The Morgan fingerprint density at radius 3 is 2.33 bits per heavy atom. The van der Waals surface area contributed by atoms with E-state index in [-0.39, 0.29) is 23.8 Å². The molecule has 0 aromatic heterocycles. The number of benzene rings is 2. The minimum atomic E-state index is -0.426. The number of hydrogen-bond donors (Lipinski definition) is 0. The van der Waals surface area contributed by atoms with Crippen molar-refractivity contribution < 1.29 is 9.59 Å². The van der Waals surface area contributed by atoms with Crippen molar-refractivity contribution in [3.63, 3.8) is 0 Å². The molecule has 0 unspecified atom stereocenters. The summed E-state index contributed by atoms with van der Waals surface area (Å²) in [5.41, 5.74) is 2.83. The van der Waals surface area contributed by atoms with Crippen molar-refractivity contribution in [1.82, 2.24) is 10.0 Å². The highest BCUT2D eigenvalue weighted by molar-refractivity contribution is 6.31. The first-order valence-electron chi connectivity index (χ1n) is 9.29. The summed E-state index contributed by atoms with van der Waals surface area (Å²) in [7, 11) is 0. The molecule has 5 rings (SSSR count). The predicted octanol–water partition coefficient (Wildman–Crippen LogP) is 3.18. The summed E-state index contributed by atoms with van der Waals surface area (Å²) in [6, 6.07) is 14.7. The molecule has 0 spiro atoms. The number of carbonyl (C=O) groups is 2. The van der Waals surface area contributed by atoms with Gasteiger partial charge in [0.1, 0.15) is 6.04 Å². The smallest absolute Gasteiger partial charge is 0.253 e. The van der Waals surface area contributed by atoms with E-state index in [1.165, 1.54) is 10.5 Å².